The zero-order valence-electron chi connectivity index (χ0n) is 17.9. The van der Waals surface area contributed by atoms with Crippen molar-refractivity contribution in [2.45, 2.75) is 22.9 Å². The minimum atomic E-state index is -1.80. The Hall–Kier alpha value is -3.84. The first-order valence-electron chi connectivity index (χ1n) is 10.3. The van der Waals surface area contributed by atoms with Crippen LogP contribution in [0.15, 0.2) is 72.6 Å². The Bertz CT molecular complexity index is 1210. The van der Waals surface area contributed by atoms with E-state index in [1.165, 1.54) is 12.1 Å². The van der Waals surface area contributed by atoms with E-state index in [0.29, 0.717) is 5.75 Å². The van der Waals surface area contributed by atoms with Gasteiger partial charge in [-0.3, -0.25) is 29.4 Å². The molecule has 2 N–H and O–H groups in total. The number of carbonyl (C=O) groups is 3. The van der Waals surface area contributed by atoms with Gasteiger partial charge in [0.1, 0.15) is 22.9 Å². The maximum absolute atomic E-state index is 12.9. The molecule has 0 bridgehead atoms. The zero-order chi connectivity index (χ0) is 25.1. The van der Waals surface area contributed by atoms with E-state index in [-0.39, 0.29) is 12.2 Å². The van der Waals surface area contributed by atoms with Crippen molar-refractivity contribution in [1.29, 1.82) is 0 Å². The Morgan fingerprint density at radius 3 is 2.43 bits per heavy atom. The second-order valence-electron chi connectivity index (χ2n) is 7.53. The molecule has 1 fully saturated rings. The van der Waals surface area contributed by atoms with Crippen molar-refractivity contribution in [3.63, 3.8) is 0 Å². The summed E-state index contributed by atoms with van der Waals surface area (Å²) in [6.45, 7) is -0.347. The van der Waals surface area contributed by atoms with Crippen molar-refractivity contribution in [3.8, 4) is 5.75 Å². The predicted octanol–water partition coefficient (Wildman–Crippen LogP) is 1.10. The molecule has 2 aromatic rings. The quantitative estimate of drug-likeness (QED) is 0.173. The highest BCUT2D eigenvalue weighted by molar-refractivity contribution is 8.30. The van der Waals surface area contributed by atoms with Gasteiger partial charge < -0.3 is 19.9 Å². The third-order valence-electron chi connectivity index (χ3n) is 5.24. The molecule has 0 aliphatic carbocycles. The summed E-state index contributed by atoms with van der Waals surface area (Å²) in [6, 6.07) is 15.2. The van der Waals surface area contributed by atoms with Crippen LogP contribution in [0.3, 0.4) is 0 Å². The molecule has 0 spiro atoms. The molecule has 11 nitrogen and oxygen atoms in total. The van der Waals surface area contributed by atoms with Crippen molar-refractivity contribution in [1.82, 2.24) is 10.2 Å². The number of carbonyl (C=O) groups excluding carboxylic acids is 3. The number of rotatable bonds is 8. The van der Waals surface area contributed by atoms with Crippen LogP contribution in [0.1, 0.15) is 11.8 Å². The number of nitrogens with zero attached hydrogens (tertiary/aromatic N) is 2. The number of esters is 1. The fourth-order valence-electron chi connectivity index (χ4n) is 3.59. The van der Waals surface area contributed by atoms with Crippen molar-refractivity contribution in [2.75, 3.05) is 6.61 Å². The lowest BCUT2D eigenvalue weighted by atomic mass is 10.1. The molecule has 35 heavy (non-hydrogen) atoms. The molecule has 0 saturated carbocycles. The van der Waals surface area contributed by atoms with Crippen LogP contribution in [0.25, 0.3) is 0 Å². The first-order chi connectivity index (χ1) is 16.8. The van der Waals surface area contributed by atoms with Gasteiger partial charge in [0, 0.05) is 6.20 Å². The maximum atomic E-state index is 12.9. The summed E-state index contributed by atoms with van der Waals surface area (Å²) in [5.74, 6) is -2.26. The monoisotopic (exact) mass is 517 g/mol. The number of hydrogen-bond donors (Lipinski definition) is 2. The second kappa shape index (κ2) is 10.2. The molecule has 182 valence electrons. The fraction of sp³-hybridized carbons (Fsp3) is 0.227. The molecule has 0 aromatic heterocycles. The van der Waals surface area contributed by atoms with Crippen molar-refractivity contribution in [2.24, 2.45) is 0 Å². The highest BCUT2D eigenvalue weighted by Crippen LogP contribution is 2.34. The number of amides is 2. The number of hydrogen-bond acceptors (Lipinski definition) is 9. The normalized spacial score (nSPS) is 23.7. The molecule has 2 aliphatic rings. The van der Waals surface area contributed by atoms with Gasteiger partial charge in [-0.1, -0.05) is 45.9 Å². The third kappa shape index (κ3) is 5.00. The highest BCUT2D eigenvalue weighted by atomic mass is 32.8. The molecule has 5 atom stereocenters. The summed E-state index contributed by atoms with van der Waals surface area (Å²) in [4.78, 5) is 49.6. The number of aliphatic hydroxyl groups is 1. The first-order valence-corrected chi connectivity index (χ1v) is 12.5. The van der Waals surface area contributed by atoms with Gasteiger partial charge in [0.25, 0.3) is 11.8 Å². The van der Waals surface area contributed by atoms with Crippen LogP contribution in [0.2, 0.25) is 0 Å². The number of fused-ring (bicyclic) bond motifs is 1. The summed E-state index contributed by atoms with van der Waals surface area (Å²) in [6.07, 6.45) is -0.753. The number of nitro groups is 1. The van der Waals surface area contributed by atoms with Gasteiger partial charge in [-0.15, -0.1) is 0 Å². The van der Waals surface area contributed by atoms with E-state index in [1.54, 1.807) is 48.5 Å². The molecule has 4 rings (SSSR count). The van der Waals surface area contributed by atoms with E-state index in [2.05, 4.69) is 5.32 Å². The average Bonchev–Trinajstić information content (AvgIpc) is 2.85. The lowest BCUT2D eigenvalue weighted by Crippen LogP contribution is -2.73. The van der Waals surface area contributed by atoms with Crippen LogP contribution < -0.4 is 10.1 Å². The van der Waals surface area contributed by atoms with Crippen molar-refractivity contribution < 1.29 is 33.9 Å². The van der Waals surface area contributed by atoms with Crippen molar-refractivity contribution in [3.05, 3.63) is 88.3 Å². The Morgan fingerprint density at radius 1 is 1.17 bits per heavy atom. The second-order valence-corrected chi connectivity index (χ2v) is 10.3. The molecule has 2 amide bonds. The van der Waals surface area contributed by atoms with Crippen LogP contribution in [0, 0.1) is 10.1 Å². The van der Waals surface area contributed by atoms with Crippen LogP contribution in [-0.4, -0.2) is 56.0 Å². The maximum Gasteiger partial charge on any atom is 0.382 e. The zero-order valence-corrected chi connectivity index (χ0v) is 19.5. The highest BCUT2D eigenvalue weighted by Gasteiger charge is 2.55. The van der Waals surface area contributed by atoms with E-state index < -0.39 is 60.8 Å². The van der Waals surface area contributed by atoms with Gasteiger partial charge >= 0.3 is 12.2 Å². The van der Waals surface area contributed by atoms with Crippen LogP contribution >= 0.6 is 0 Å². The standard InChI is InChI=1S/C22H19N3O8S2/c26-15-11-24-19(28)17(23-16(27)12-32-14-9-5-2-6-10-14)21(24)35(34)18(15)22(29)33-20(25(30)31)13-7-3-1-4-8-13/h1-11,17-18,20-21,26H,12H2,(H,23,27)/t17?,18?,20?,21-,35?/m1/s1. The minimum absolute atomic E-state index is 0.137. The minimum Gasteiger partial charge on any atom is -0.509 e. The predicted molar refractivity (Wildman–Crippen MR) is 126 cm³/mol. The van der Waals surface area contributed by atoms with Crippen LogP contribution in [0.5, 0.6) is 5.75 Å². The van der Waals surface area contributed by atoms with Crippen LogP contribution in [0.4, 0.5) is 0 Å². The Labute approximate surface area is 206 Å². The van der Waals surface area contributed by atoms with E-state index in [0.717, 1.165) is 11.1 Å². The molecular formula is C22H19N3O8S2. The average molecular weight is 518 g/mol. The number of para-hydroxylation sites is 1. The van der Waals surface area contributed by atoms with E-state index in [4.69, 9.17) is 20.7 Å². The van der Waals surface area contributed by atoms with E-state index >= 15 is 0 Å². The molecule has 4 unspecified atom stereocenters. The first kappa shape index (κ1) is 24.3. The molecular weight excluding hydrogens is 498 g/mol. The topological polar surface area (TPSA) is 148 Å². The number of nitrogens with one attached hydrogen (secondary N) is 1. The summed E-state index contributed by atoms with van der Waals surface area (Å²) in [7, 11) is -1.45. The Kier molecular flexibility index (Phi) is 7.07. The molecule has 13 heteroatoms. The van der Waals surface area contributed by atoms with Gasteiger partial charge in [-0.2, -0.15) is 0 Å². The largest absolute Gasteiger partial charge is 0.509 e. The number of aliphatic hydroxyl groups excluding tert-OH is 1. The van der Waals surface area contributed by atoms with Gasteiger partial charge in [0.15, 0.2) is 11.9 Å². The number of benzene rings is 2. The van der Waals surface area contributed by atoms with Gasteiger partial charge in [0.05, 0.1) is 10.5 Å². The molecule has 2 heterocycles. The van der Waals surface area contributed by atoms with Crippen LogP contribution in [-0.2, 0) is 39.8 Å². The molecule has 2 aliphatic heterocycles. The van der Waals surface area contributed by atoms with Gasteiger partial charge in [-0.25, -0.2) is 0 Å². The van der Waals surface area contributed by atoms with Gasteiger partial charge in [-0.05, 0) is 35.5 Å². The third-order valence-corrected chi connectivity index (χ3v) is 8.28. The Morgan fingerprint density at radius 2 is 1.80 bits per heavy atom. The fourth-order valence-corrected chi connectivity index (χ4v) is 6.40. The summed E-state index contributed by atoms with van der Waals surface area (Å²) >= 11 is 5.45. The van der Waals surface area contributed by atoms with Gasteiger partial charge in [0.2, 0.25) is 0 Å². The summed E-state index contributed by atoms with van der Waals surface area (Å²) in [5.41, 5.74) is 0.137. The summed E-state index contributed by atoms with van der Waals surface area (Å²) < 4.78 is 10.5. The lowest BCUT2D eigenvalue weighted by Gasteiger charge is -2.49. The number of ether oxygens (including phenoxy) is 2. The van der Waals surface area contributed by atoms with E-state index in [1.807, 2.05) is 0 Å². The molecule has 2 aromatic carbocycles. The Balaban J connectivity index is 1.44. The van der Waals surface area contributed by atoms with E-state index in [9.17, 15) is 29.6 Å². The molecule has 1 saturated heterocycles. The molecule has 0 radical (unpaired) electrons. The van der Waals surface area contributed by atoms with Crippen molar-refractivity contribution >= 4 is 38.4 Å². The summed E-state index contributed by atoms with van der Waals surface area (Å²) in [5, 5.41) is 22.2. The lowest BCUT2D eigenvalue weighted by molar-refractivity contribution is -0.575. The SMILES string of the molecule is O=C(COc1ccccc1)NC1C(=O)N2C=C(O)C(C(=O)OC(c3ccccc3)[N+](=O)[O-])S(=S)[C@H]12. The number of β-lactam (4-membered cyclic amide) rings is 1. The smallest absolute Gasteiger partial charge is 0.382 e.